The van der Waals surface area contributed by atoms with E-state index in [1.54, 1.807) is 18.5 Å². The number of rotatable bonds is 5. The summed E-state index contributed by atoms with van der Waals surface area (Å²) in [5.74, 6) is 0. The highest BCUT2D eigenvalue weighted by Gasteiger charge is 2.09. The Morgan fingerprint density at radius 1 is 1.23 bits per heavy atom. The third-order valence-corrected chi connectivity index (χ3v) is 4.23. The fraction of sp³-hybridized carbons (Fsp3) is 0.250. The van der Waals surface area contributed by atoms with Crippen LogP contribution in [0, 0.1) is 0 Å². The number of thiocarbonyl (C=S) groups is 1. The lowest BCUT2D eigenvalue weighted by Gasteiger charge is -2.24. The van der Waals surface area contributed by atoms with Crippen molar-refractivity contribution in [3.8, 4) is 0 Å². The van der Waals surface area contributed by atoms with Crippen molar-refractivity contribution >= 4 is 40.5 Å². The number of aromatic nitrogens is 1. The second-order valence-electron chi connectivity index (χ2n) is 4.76. The van der Waals surface area contributed by atoms with E-state index in [-0.39, 0.29) is 0 Å². The number of halogens is 2. The van der Waals surface area contributed by atoms with E-state index in [0.717, 1.165) is 18.7 Å². The summed E-state index contributed by atoms with van der Waals surface area (Å²) in [7, 11) is 0. The van der Waals surface area contributed by atoms with Crippen molar-refractivity contribution in [3.63, 3.8) is 0 Å². The van der Waals surface area contributed by atoms with E-state index < -0.39 is 0 Å². The van der Waals surface area contributed by atoms with Crippen LogP contribution in [0.2, 0.25) is 10.0 Å². The molecule has 22 heavy (non-hydrogen) atoms. The molecule has 0 amide bonds. The van der Waals surface area contributed by atoms with Gasteiger partial charge >= 0.3 is 0 Å². The molecule has 1 aromatic heterocycles. The van der Waals surface area contributed by atoms with Gasteiger partial charge in [-0.15, -0.1) is 0 Å². The van der Waals surface area contributed by atoms with Gasteiger partial charge in [0.25, 0.3) is 0 Å². The van der Waals surface area contributed by atoms with Gasteiger partial charge in [0, 0.05) is 42.1 Å². The molecule has 0 aliphatic rings. The van der Waals surface area contributed by atoms with E-state index in [9.17, 15) is 0 Å². The summed E-state index contributed by atoms with van der Waals surface area (Å²) >= 11 is 17.5. The van der Waals surface area contributed by atoms with Crippen molar-refractivity contribution in [2.24, 2.45) is 0 Å². The Labute approximate surface area is 146 Å². The number of hydrogen-bond donors (Lipinski definition) is 1. The summed E-state index contributed by atoms with van der Waals surface area (Å²) in [4.78, 5) is 6.12. The Balaban J connectivity index is 1.94. The SMILES string of the molecule is CCN(Cc1ccncc1)C(=S)NCc1ccc(Cl)cc1Cl. The van der Waals surface area contributed by atoms with Crippen LogP contribution >= 0.6 is 35.4 Å². The summed E-state index contributed by atoms with van der Waals surface area (Å²) < 4.78 is 0. The predicted molar refractivity (Wildman–Crippen MR) is 96.2 cm³/mol. The molecule has 116 valence electrons. The third-order valence-electron chi connectivity index (χ3n) is 3.24. The van der Waals surface area contributed by atoms with Gasteiger partial charge < -0.3 is 10.2 Å². The van der Waals surface area contributed by atoms with Gasteiger partial charge in [-0.1, -0.05) is 29.3 Å². The molecule has 0 unspecified atom stereocenters. The molecule has 0 aliphatic heterocycles. The van der Waals surface area contributed by atoms with Crippen molar-refractivity contribution in [1.29, 1.82) is 0 Å². The smallest absolute Gasteiger partial charge is 0.169 e. The molecule has 0 radical (unpaired) electrons. The van der Waals surface area contributed by atoms with Crippen molar-refractivity contribution in [2.75, 3.05) is 6.54 Å². The van der Waals surface area contributed by atoms with E-state index in [4.69, 9.17) is 35.4 Å². The molecule has 0 atom stereocenters. The molecule has 2 rings (SSSR count). The molecular formula is C16H17Cl2N3S. The fourth-order valence-electron chi connectivity index (χ4n) is 1.98. The summed E-state index contributed by atoms with van der Waals surface area (Å²) in [6.45, 7) is 4.22. The first-order chi connectivity index (χ1) is 10.6. The van der Waals surface area contributed by atoms with Gasteiger partial charge in [0.05, 0.1) is 0 Å². The first-order valence-corrected chi connectivity index (χ1v) is 8.12. The van der Waals surface area contributed by atoms with Crippen molar-refractivity contribution in [1.82, 2.24) is 15.2 Å². The number of nitrogens with zero attached hydrogens (tertiary/aromatic N) is 2. The van der Waals surface area contributed by atoms with Crippen LogP contribution in [0.1, 0.15) is 18.1 Å². The topological polar surface area (TPSA) is 28.2 Å². The summed E-state index contributed by atoms with van der Waals surface area (Å²) in [5, 5.41) is 5.21. The van der Waals surface area contributed by atoms with E-state index in [0.29, 0.717) is 21.7 Å². The molecule has 0 saturated heterocycles. The molecule has 6 heteroatoms. The molecular weight excluding hydrogens is 337 g/mol. The van der Waals surface area contributed by atoms with Gasteiger partial charge in [0.1, 0.15) is 0 Å². The Morgan fingerprint density at radius 2 is 1.95 bits per heavy atom. The lowest BCUT2D eigenvalue weighted by Crippen LogP contribution is -2.38. The Bertz CT molecular complexity index is 635. The summed E-state index contributed by atoms with van der Waals surface area (Å²) in [5.41, 5.74) is 2.14. The molecule has 0 fully saturated rings. The zero-order valence-electron chi connectivity index (χ0n) is 12.2. The van der Waals surface area contributed by atoms with Gasteiger partial charge in [-0.2, -0.15) is 0 Å². The normalized spacial score (nSPS) is 10.3. The van der Waals surface area contributed by atoms with Crippen LogP contribution in [0.25, 0.3) is 0 Å². The highest BCUT2D eigenvalue weighted by Crippen LogP contribution is 2.20. The van der Waals surface area contributed by atoms with Crippen LogP contribution in [0.15, 0.2) is 42.7 Å². The van der Waals surface area contributed by atoms with Gasteiger partial charge in [0.2, 0.25) is 0 Å². The highest BCUT2D eigenvalue weighted by atomic mass is 35.5. The zero-order chi connectivity index (χ0) is 15.9. The van der Waals surface area contributed by atoms with Crippen LogP contribution in [0.4, 0.5) is 0 Å². The van der Waals surface area contributed by atoms with E-state index in [1.165, 1.54) is 5.56 Å². The third kappa shape index (κ3) is 4.83. The molecule has 2 aromatic rings. The van der Waals surface area contributed by atoms with Crippen molar-refractivity contribution in [2.45, 2.75) is 20.0 Å². The number of benzene rings is 1. The predicted octanol–water partition coefficient (Wildman–Crippen LogP) is 4.29. The van der Waals surface area contributed by atoms with Crippen LogP contribution in [-0.4, -0.2) is 21.5 Å². The van der Waals surface area contributed by atoms with Crippen molar-refractivity contribution < 1.29 is 0 Å². The molecule has 1 heterocycles. The van der Waals surface area contributed by atoms with Gasteiger partial charge in [-0.3, -0.25) is 4.98 Å². The Morgan fingerprint density at radius 3 is 2.59 bits per heavy atom. The minimum atomic E-state index is 0.571. The first kappa shape index (κ1) is 17.0. The van der Waals surface area contributed by atoms with Crippen LogP contribution in [0.5, 0.6) is 0 Å². The maximum Gasteiger partial charge on any atom is 0.169 e. The largest absolute Gasteiger partial charge is 0.358 e. The van der Waals surface area contributed by atoms with Crippen LogP contribution in [0.3, 0.4) is 0 Å². The summed E-state index contributed by atoms with van der Waals surface area (Å²) in [6, 6.07) is 9.43. The standard InChI is InChI=1S/C16H17Cl2N3S/c1-2-21(11-12-5-7-19-8-6-12)16(22)20-10-13-3-4-14(17)9-15(13)18/h3-9H,2,10-11H2,1H3,(H,20,22). The molecule has 0 bridgehead atoms. The maximum atomic E-state index is 6.17. The molecule has 0 saturated carbocycles. The maximum absolute atomic E-state index is 6.17. The quantitative estimate of drug-likeness (QED) is 0.811. The van der Waals surface area contributed by atoms with E-state index in [1.807, 2.05) is 24.3 Å². The monoisotopic (exact) mass is 353 g/mol. The Kier molecular flexibility index (Phi) is 6.43. The molecule has 0 aliphatic carbocycles. The second kappa shape index (κ2) is 8.32. The average molecular weight is 354 g/mol. The molecule has 3 nitrogen and oxygen atoms in total. The fourth-order valence-corrected chi connectivity index (χ4v) is 2.72. The lowest BCUT2D eigenvalue weighted by atomic mass is 10.2. The molecule has 1 N–H and O–H groups in total. The van der Waals surface area contributed by atoms with Crippen molar-refractivity contribution in [3.05, 3.63) is 63.9 Å². The Hall–Kier alpha value is -1.36. The van der Waals surface area contributed by atoms with Crippen LogP contribution in [-0.2, 0) is 13.1 Å². The second-order valence-corrected chi connectivity index (χ2v) is 5.99. The highest BCUT2D eigenvalue weighted by molar-refractivity contribution is 7.80. The molecule has 1 aromatic carbocycles. The van der Waals surface area contributed by atoms with E-state index in [2.05, 4.69) is 22.1 Å². The number of pyridine rings is 1. The number of hydrogen-bond acceptors (Lipinski definition) is 2. The summed E-state index contributed by atoms with van der Waals surface area (Å²) in [6.07, 6.45) is 3.57. The lowest BCUT2D eigenvalue weighted by molar-refractivity contribution is 0.426. The number of nitrogens with one attached hydrogen (secondary N) is 1. The van der Waals surface area contributed by atoms with Gasteiger partial charge in [-0.05, 0) is 54.5 Å². The van der Waals surface area contributed by atoms with Crippen LogP contribution < -0.4 is 5.32 Å². The van der Waals surface area contributed by atoms with Gasteiger partial charge in [-0.25, -0.2) is 0 Å². The minimum absolute atomic E-state index is 0.571. The minimum Gasteiger partial charge on any atom is -0.358 e. The zero-order valence-corrected chi connectivity index (χ0v) is 14.5. The van der Waals surface area contributed by atoms with E-state index >= 15 is 0 Å². The average Bonchev–Trinajstić information content (AvgIpc) is 2.52. The first-order valence-electron chi connectivity index (χ1n) is 6.95. The van der Waals surface area contributed by atoms with Gasteiger partial charge in [0.15, 0.2) is 5.11 Å². The molecule has 0 spiro atoms.